The highest BCUT2D eigenvalue weighted by molar-refractivity contribution is 5.92. The van der Waals surface area contributed by atoms with Crippen LogP contribution in [0, 0.1) is 0 Å². The highest BCUT2D eigenvalue weighted by Gasteiger charge is 2.50. The Kier molecular flexibility index (Phi) is 7.36. The summed E-state index contributed by atoms with van der Waals surface area (Å²) in [5.41, 5.74) is 0. The monoisotopic (exact) mass is 335 g/mol. The van der Waals surface area contributed by atoms with E-state index in [0.717, 1.165) is 0 Å². The highest BCUT2D eigenvalue weighted by Crippen LogP contribution is 2.25. The molecule has 0 bridgehead atoms. The molecular weight excluding hydrogens is 310 g/mol. The molecule has 0 aromatic carbocycles. The second kappa shape index (κ2) is 8.55. The molecule has 1 unspecified atom stereocenters. The first kappa shape index (κ1) is 19.8. The van der Waals surface area contributed by atoms with Gasteiger partial charge in [-0.1, -0.05) is 6.92 Å². The Bertz CT molecular complexity index is 416. The fraction of sp³-hybridized carbons (Fsp3) is 0.857. The van der Waals surface area contributed by atoms with Crippen molar-refractivity contribution in [2.75, 3.05) is 6.61 Å². The molecule has 4 N–H and O–H groups in total. The summed E-state index contributed by atoms with van der Waals surface area (Å²) < 4.78 is 9.96. The average Bonchev–Trinajstić information content (AvgIpc) is 2.46. The number of carbonyl (C=O) groups is 2. The van der Waals surface area contributed by atoms with Gasteiger partial charge < -0.3 is 29.9 Å². The van der Waals surface area contributed by atoms with Crippen molar-refractivity contribution in [1.29, 1.82) is 0 Å². The van der Waals surface area contributed by atoms with Gasteiger partial charge in [0, 0.05) is 6.42 Å². The van der Waals surface area contributed by atoms with Gasteiger partial charge in [0.15, 0.2) is 6.29 Å². The van der Waals surface area contributed by atoms with Gasteiger partial charge in [-0.25, -0.2) is 9.69 Å². The van der Waals surface area contributed by atoms with Crippen LogP contribution >= 0.6 is 0 Å². The molecule has 0 aromatic rings. The molecule has 1 aliphatic rings. The number of aliphatic hydroxyl groups is 4. The number of rotatable bonds is 5. The van der Waals surface area contributed by atoms with Gasteiger partial charge in [0.1, 0.15) is 24.4 Å². The van der Waals surface area contributed by atoms with E-state index in [2.05, 4.69) is 0 Å². The van der Waals surface area contributed by atoms with Crippen molar-refractivity contribution in [3.8, 4) is 0 Å². The predicted molar refractivity (Wildman–Crippen MR) is 77.1 cm³/mol. The van der Waals surface area contributed by atoms with Crippen LogP contribution < -0.4 is 0 Å². The largest absolute Gasteiger partial charge is 0.446 e. The number of imide groups is 1. The predicted octanol–water partition coefficient (Wildman–Crippen LogP) is -1.04. The van der Waals surface area contributed by atoms with Gasteiger partial charge in [-0.05, 0) is 20.3 Å². The van der Waals surface area contributed by atoms with Crippen molar-refractivity contribution < 1.29 is 39.5 Å². The molecule has 23 heavy (non-hydrogen) atoms. The van der Waals surface area contributed by atoms with E-state index in [9.17, 15) is 24.9 Å². The van der Waals surface area contributed by atoms with E-state index in [-0.39, 0.29) is 6.42 Å². The van der Waals surface area contributed by atoms with Crippen molar-refractivity contribution in [2.24, 2.45) is 0 Å². The van der Waals surface area contributed by atoms with Crippen molar-refractivity contribution in [3.05, 3.63) is 0 Å². The number of hydrogen-bond donors (Lipinski definition) is 4. The minimum absolute atomic E-state index is 0.0113. The fourth-order valence-electron chi connectivity index (χ4n) is 2.34. The fourth-order valence-corrected chi connectivity index (χ4v) is 2.34. The summed E-state index contributed by atoms with van der Waals surface area (Å²) in [5, 5.41) is 39.2. The van der Waals surface area contributed by atoms with Crippen LogP contribution in [0.1, 0.15) is 33.6 Å². The number of ether oxygens (including phenoxy) is 2. The molecule has 0 aromatic heterocycles. The molecule has 1 saturated heterocycles. The van der Waals surface area contributed by atoms with Crippen molar-refractivity contribution in [3.63, 3.8) is 0 Å². The van der Waals surface area contributed by atoms with Crippen LogP contribution in [-0.4, -0.2) is 80.7 Å². The molecule has 9 heteroatoms. The lowest BCUT2D eigenvalue weighted by Gasteiger charge is -2.43. The summed E-state index contributed by atoms with van der Waals surface area (Å²) in [6.45, 7) is 4.26. The van der Waals surface area contributed by atoms with Crippen molar-refractivity contribution in [1.82, 2.24) is 4.90 Å². The van der Waals surface area contributed by atoms with Crippen LogP contribution in [0.2, 0.25) is 0 Å². The topological polar surface area (TPSA) is 137 Å². The minimum Gasteiger partial charge on any atom is -0.446 e. The Balaban J connectivity index is 3.09. The van der Waals surface area contributed by atoms with Gasteiger partial charge >= 0.3 is 6.09 Å². The van der Waals surface area contributed by atoms with Crippen LogP contribution in [0.4, 0.5) is 4.79 Å². The van der Waals surface area contributed by atoms with E-state index in [1.165, 1.54) is 0 Å². The van der Waals surface area contributed by atoms with Gasteiger partial charge in [-0.2, -0.15) is 0 Å². The Labute approximate surface area is 134 Å². The molecule has 9 nitrogen and oxygen atoms in total. The van der Waals surface area contributed by atoms with Gasteiger partial charge in [0.25, 0.3) is 0 Å². The van der Waals surface area contributed by atoms with E-state index < -0.39 is 55.4 Å². The number of aliphatic hydroxyl groups excluding tert-OH is 4. The summed E-state index contributed by atoms with van der Waals surface area (Å²) in [6, 6.07) is -1.53. The van der Waals surface area contributed by atoms with E-state index in [0.29, 0.717) is 11.3 Å². The molecule has 0 radical (unpaired) electrons. The first-order valence-electron chi connectivity index (χ1n) is 7.57. The zero-order valence-electron chi connectivity index (χ0n) is 13.5. The Morgan fingerprint density at radius 2 is 1.83 bits per heavy atom. The molecular formula is C14H25NO8. The molecule has 0 aliphatic carbocycles. The molecule has 134 valence electrons. The number of nitrogens with zero attached hydrogens (tertiary/aromatic N) is 1. The van der Waals surface area contributed by atoms with Crippen LogP contribution in [0.5, 0.6) is 0 Å². The smallest absolute Gasteiger partial charge is 0.417 e. The summed E-state index contributed by atoms with van der Waals surface area (Å²) >= 11 is 0. The Morgan fingerprint density at radius 3 is 2.30 bits per heavy atom. The standard InChI is InChI=1S/C14H25NO8/c1-4-5-9(17)15(14(21)22-7(2)3)10-12(19)11(18)8(6-16)23-13(10)20/h7-8,10-13,16,18-20H,4-6H2,1-3H3/t8-,10-,11-,12-,13?/m1/s1. The van der Waals surface area contributed by atoms with E-state index in [1.54, 1.807) is 20.8 Å². The molecule has 1 heterocycles. The molecule has 2 amide bonds. The quantitative estimate of drug-likeness (QED) is 0.500. The zero-order valence-corrected chi connectivity index (χ0v) is 13.5. The van der Waals surface area contributed by atoms with Crippen LogP contribution in [0.25, 0.3) is 0 Å². The lowest BCUT2D eigenvalue weighted by atomic mass is 9.95. The molecule has 1 rings (SSSR count). The van der Waals surface area contributed by atoms with Gasteiger partial charge in [0.05, 0.1) is 12.7 Å². The van der Waals surface area contributed by atoms with E-state index in [4.69, 9.17) is 14.6 Å². The van der Waals surface area contributed by atoms with E-state index in [1.807, 2.05) is 0 Å². The number of amides is 2. The summed E-state index contributed by atoms with van der Waals surface area (Å²) in [5.74, 6) is -0.667. The second-order valence-corrected chi connectivity index (χ2v) is 5.67. The number of hydrogen-bond acceptors (Lipinski definition) is 8. The summed E-state index contributed by atoms with van der Waals surface area (Å²) in [7, 11) is 0. The molecule has 1 aliphatic heterocycles. The molecule has 0 saturated carbocycles. The van der Waals surface area contributed by atoms with Crippen LogP contribution in [-0.2, 0) is 14.3 Å². The average molecular weight is 335 g/mol. The molecule has 1 fully saturated rings. The lowest BCUT2D eigenvalue weighted by molar-refractivity contribution is -0.267. The molecule has 0 spiro atoms. The maximum Gasteiger partial charge on any atom is 0.417 e. The van der Waals surface area contributed by atoms with Gasteiger partial charge in [-0.15, -0.1) is 0 Å². The van der Waals surface area contributed by atoms with Crippen molar-refractivity contribution >= 4 is 12.0 Å². The zero-order chi connectivity index (χ0) is 17.7. The van der Waals surface area contributed by atoms with Gasteiger partial charge in [-0.3, -0.25) is 4.79 Å². The normalized spacial score (nSPS) is 31.0. The maximum atomic E-state index is 12.2. The van der Waals surface area contributed by atoms with Crippen LogP contribution in [0.15, 0.2) is 0 Å². The first-order chi connectivity index (χ1) is 10.7. The van der Waals surface area contributed by atoms with Gasteiger partial charge in [0.2, 0.25) is 5.91 Å². The Morgan fingerprint density at radius 1 is 1.22 bits per heavy atom. The van der Waals surface area contributed by atoms with E-state index >= 15 is 0 Å². The third-order valence-corrected chi connectivity index (χ3v) is 3.43. The highest BCUT2D eigenvalue weighted by atomic mass is 16.6. The van der Waals surface area contributed by atoms with Crippen LogP contribution in [0.3, 0.4) is 0 Å². The number of carbonyl (C=O) groups excluding carboxylic acids is 2. The summed E-state index contributed by atoms with van der Waals surface area (Å²) in [6.07, 6.45) is -7.37. The first-order valence-corrected chi connectivity index (χ1v) is 7.57. The van der Waals surface area contributed by atoms with Crippen molar-refractivity contribution in [2.45, 2.75) is 70.4 Å². The summed E-state index contributed by atoms with van der Waals surface area (Å²) in [4.78, 5) is 25.0. The third kappa shape index (κ3) is 4.61. The molecule has 5 atom stereocenters. The second-order valence-electron chi connectivity index (χ2n) is 5.67. The maximum absolute atomic E-state index is 12.2. The minimum atomic E-state index is -1.76. The lowest BCUT2D eigenvalue weighted by Crippen LogP contribution is -2.66. The third-order valence-electron chi connectivity index (χ3n) is 3.43. The Hall–Kier alpha value is -1.26. The SMILES string of the molecule is CCCC(=O)N(C(=O)OC(C)C)[C@H]1C(O)O[C@H](CO)[C@@H](O)[C@@H]1O.